The van der Waals surface area contributed by atoms with Crippen LogP contribution in [0.2, 0.25) is 0 Å². The van der Waals surface area contributed by atoms with Gasteiger partial charge in [0, 0.05) is 49.9 Å². The van der Waals surface area contributed by atoms with E-state index < -0.39 is 0 Å². The maximum Gasteiger partial charge on any atom is 0.0991 e. The number of nitriles is 1. The molecule has 3 aromatic carbocycles. The van der Waals surface area contributed by atoms with Crippen molar-refractivity contribution in [2.24, 2.45) is 0 Å². The normalized spacial score (nSPS) is 12.4. The van der Waals surface area contributed by atoms with Crippen molar-refractivity contribution in [3.8, 4) is 6.07 Å². The van der Waals surface area contributed by atoms with E-state index in [2.05, 4.69) is 69.7 Å². The van der Waals surface area contributed by atoms with Crippen molar-refractivity contribution in [2.75, 3.05) is 35.8 Å². The van der Waals surface area contributed by atoms with Gasteiger partial charge in [0.15, 0.2) is 0 Å². The summed E-state index contributed by atoms with van der Waals surface area (Å²) in [6, 6.07) is 25.3. The highest BCUT2D eigenvalue weighted by molar-refractivity contribution is 5.71. The summed E-state index contributed by atoms with van der Waals surface area (Å²) in [6.07, 6.45) is 1.10. The van der Waals surface area contributed by atoms with Crippen molar-refractivity contribution in [1.29, 1.82) is 5.26 Å². The van der Waals surface area contributed by atoms with E-state index in [0.717, 1.165) is 29.9 Å². The highest BCUT2D eigenvalue weighted by atomic mass is 15.2. The molecule has 0 saturated heterocycles. The molecule has 4 rings (SSSR count). The molecule has 0 aromatic heterocycles. The molecule has 1 heterocycles. The Hall–Kier alpha value is -3.45. The molecule has 0 radical (unpaired) electrons. The van der Waals surface area contributed by atoms with Gasteiger partial charge in [0.2, 0.25) is 0 Å². The molecule has 1 N–H and O–H groups in total. The van der Waals surface area contributed by atoms with E-state index in [1.54, 1.807) is 0 Å². The fraction of sp³-hybridized carbons (Fsp3) is 0.208. The zero-order valence-electron chi connectivity index (χ0n) is 16.3. The zero-order valence-corrected chi connectivity index (χ0v) is 16.3. The first-order valence-corrected chi connectivity index (χ1v) is 9.55. The lowest BCUT2D eigenvalue weighted by Crippen LogP contribution is -2.14. The van der Waals surface area contributed by atoms with E-state index in [0.29, 0.717) is 12.1 Å². The van der Waals surface area contributed by atoms with Crippen LogP contribution < -0.4 is 15.1 Å². The summed E-state index contributed by atoms with van der Waals surface area (Å²) in [6.45, 7) is 1.70. The Morgan fingerprint density at radius 1 is 1.04 bits per heavy atom. The van der Waals surface area contributed by atoms with Crippen LogP contribution in [0.3, 0.4) is 0 Å². The van der Waals surface area contributed by atoms with Gasteiger partial charge in [0.05, 0.1) is 11.6 Å². The molecule has 4 heteroatoms. The zero-order chi connectivity index (χ0) is 19.5. The summed E-state index contributed by atoms with van der Waals surface area (Å²) >= 11 is 0. The molecule has 0 spiro atoms. The van der Waals surface area contributed by atoms with Crippen LogP contribution in [-0.2, 0) is 13.0 Å². The van der Waals surface area contributed by atoms with E-state index in [-0.39, 0.29) is 0 Å². The van der Waals surface area contributed by atoms with Gasteiger partial charge in [0.25, 0.3) is 0 Å². The number of anilines is 4. The Balaban J connectivity index is 1.49. The lowest BCUT2D eigenvalue weighted by Gasteiger charge is -2.21. The summed E-state index contributed by atoms with van der Waals surface area (Å²) in [4.78, 5) is 4.45. The Morgan fingerprint density at radius 2 is 1.82 bits per heavy atom. The average Bonchev–Trinajstić information content (AvgIpc) is 3.16. The quantitative estimate of drug-likeness (QED) is 0.693. The molecular weight excluding hydrogens is 344 g/mol. The largest absolute Gasteiger partial charge is 0.381 e. The molecule has 0 aliphatic carbocycles. The van der Waals surface area contributed by atoms with Crippen molar-refractivity contribution in [3.05, 3.63) is 83.4 Å². The predicted molar refractivity (Wildman–Crippen MR) is 116 cm³/mol. The van der Waals surface area contributed by atoms with Gasteiger partial charge in [-0.2, -0.15) is 5.26 Å². The number of nitrogens with zero attached hydrogens (tertiary/aromatic N) is 3. The second-order valence-electron chi connectivity index (χ2n) is 7.28. The van der Waals surface area contributed by atoms with Gasteiger partial charge in [-0.25, -0.2) is 0 Å². The lowest BCUT2D eigenvalue weighted by atomic mass is 10.1. The maximum atomic E-state index is 9.19. The Kier molecular flexibility index (Phi) is 4.90. The Labute approximate surface area is 166 Å². The number of nitrogens with one attached hydrogen (secondary N) is 1. The van der Waals surface area contributed by atoms with E-state index in [9.17, 15) is 5.26 Å². The molecular formula is C24H24N4. The van der Waals surface area contributed by atoms with E-state index in [1.165, 1.54) is 16.9 Å². The first kappa shape index (κ1) is 17.9. The molecule has 0 amide bonds. The van der Waals surface area contributed by atoms with Crippen LogP contribution in [0.1, 0.15) is 16.7 Å². The van der Waals surface area contributed by atoms with Gasteiger partial charge >= 0.3 is 0 Å². The van der Waals surface area contributed by atoms with Crippen LogP contribution in [0.4, 0.5) is 22.7 Å². The summed E-state index contributed by atoms with van der Waals surface area (Å²) in [5.74, 6) is 0. The fourth-order valence-electron chi connectivity index (χ4n) is 3.80. The molecule has 0 unspecified atom stereocenters. The van der Waals surface area contributed by atoms with Gasteiger partial charge in [-0.05, 0) is 66.1 Å². The van der Waals surface area contributed by atoms with Crippen molar-refractivity contribution >= 4 is 22.7 Å². The lowest BCUT2D eigenvalue weighted by molar-refractivity contribution is 0.998. The van der Waals surface area contributed by atoms with Crippen molar-refractivity contribution < 1.29 is 0 Å². The van der Waals surface area contributed by atoms with Gasteiger partial charge in [-0.3, -0.25) is 0 Å². The molecule has 3 aromatic rings. The van der Waals surface area contributed by atoms with Crippen LogP contribution in [0.15, 0.2) is 66.7 Å². The van der Waals surface area contributed by atoms with E-state index >= 15 is 0 Å². The third kappa shape index (κ3) is 3.52. The standard InChI is InChI=1S/C24H24N4/c1-27(2)23-12-7-18(16-25)15-20(23)17-26-21-8-10-22(11-9-21)28-14-13-19-5-3-4-6-24(19)28/h3-12,15,26H,13-14,17H2,1-2H3. The fourth-order valence-corrected chi connectivity index (χ4v) is 3.80. The first-order valence-electron chi connectivity index (χ1n) is 9.55. The summed E-state index contributed by atoms with van der Waals surface area (Å²) in [5, 5.41) is 12.7. The van der Waals surface area contributed by atoms with Crippen LogP contribution in [0, 0.1) is 11.3 Å². The molecule has 0 fully saturated rings. The minimum absolute atomic E-state index is 0.676. The minimum atomic E-state index is 0.676. The van der Waals surface area contributed by atoms with Crippen LogP contribution in [0.25, 0.3) is 0 Å². The molecule has 0 atom stereocenters. The molecule has 4 nitrogen and oxygen atoms in total. The van der Waals surface area contributed by atoms with Crippen LogP contribution >= 0.6 is 0 Å². The number of hydrogen-bond acceptors (Lipinski definition) is 4. The SMILES string of the molecule is CN(C)c1ccc(C#N)cc1CNc1ccc(N2CCc3ccccc32)cc1. The molecule has 28 heavy (non-hydrogen) atoms. The molecule has 0 saturated carbocycles. The number of fused-ring (bicyclic) bond motifs is 1. The highest BCUT2D eigenvalue weighted by Crippen LogP contribution is 2.34. The second-order valence-corrected chi connectivity index (χ2v) is 7.28. The first-order chi connectivity index (χ1) is 13.7. The second kappa shape index (κ2) is 7.66. The Bertz CT molecular complexity index is 1020. The van der Waals surface area contributed by atoms with E-state index in [1.807, 2.05) is 32.3 Å². The molecule has 140 valence electrons. The van der Waals surface area contributed by atoms with Crippen molar-refractivity contribution in [1.82, 2.24) is 0 Å². The van der Waals surface area contributed by atoms with Crippen molar-refractivity contribution in [2.45, 2.75) is 13.0 Å². The third-order valence-corrected chi connectivity index (χ3v) is 5.24. The number of benzene rings is 3. The minimum Gasteiger partial charge on any atom is -0.381 e. The average molecular weight is 368 g/mol. The number of para-hydroxylation sites is 1. The molecule has 1 aliphatic rings. The van der Waals surface area contributed by atoms with Crippen LogP contribution in [-0.4, -0.2) is 20.6 Å². The Morgan fingerprint density at radius 3 is 2.57 bits per heavy atom. The van der Waals surface area contributed by atoms with Crippen LogP contribution in [0.5, 0.6) is 0 Å². The molecule has 0 bridgehead atoms. The topological polar surface area (TPSA) is 42.3 Å². The molecule has 1 aliphatic heterocycles. The highest BCUT2D eigenvalue weighted by Gasteiger charge is 2.19. The smallest absolute Gasteiger partial charge is 0.0991 e. The monoisotopic (exact) mass is 368 g/mol. The maximum absolute atomic E-state index is 9.19. The third-order valence-electron chi connectivity index (χ3n) is 5.24. The van der Waals surface area contributed by atoms with Gasteiger partial charge in [0.1, 0.15) is 0 Å². The summed E-state index contributed by atoms with van der Waals surface area (Å²) in [5.41, 5.74) is 7.94. The van der Waals surface area contributed by atoms with Crippen molar-refractivity contribution in [3.63, 3.8) is 0 Å². The predicted octanol–water partition coefficient (Wildman–Crippen LogP) is 4.93. The van der Waals surface area contributed by atoms with E-state index in [4.69, 9.17) is 0 Å². The van der Waals surface area contributed by atoms with Gasteiger partial charge < -0.3 is 15.1 Å². The number of hydrogen-bond donors (Lipinski definition) is 1. The van der Waals surface area contributed by atoms with Gasteiger partial charge in [-0.1, -0.05) is 18.2 Å². The number of rotatable bonds is 5. The summed E-state index contributed by atoms with van der Waals surface area (Å²) < 4.78 is 0. The van der Waals surface area contributed by atoms with Gasteiger partial charge in [-0.15, -0.1) is 0 Å². The summed E-state index contributed by atoms with van der Waals surface area (Å²) in [7, 11) is 4.04.